The number of likely N-dealkylation sites (tertiary alicyclic amines) is 1. The molecule has 4 N–H and O–H groups in total. The predicted octanol–water partition coefficient (Wildman–Crippen LogP) is 6.67. The van der Waals surface area contributed by atoms with Crippen LogP contribution in [0.2, 0.25) is 0 Å². The molecule has 7 rings (SSSR count). The van der Waals surface area contributed by atoms with Gasteiger partial charge in [-0.3, -0.25) is 9.89 Å². The van der Waals surface area contributed by atoms with Crippen molar-refractivity contribution in [3.63, 3.8) is 0 Å². The first-order valence-corrected chi connectivity index (χ1v) is 19.1. The van der Waals surface area contributed by atoms with Crippen LogP contribution < -0.4 is 5.73 Å². The number of carbonyl (C=O) groups excluding carboxylic acids is 1. The summed E-state index contributed by atoms with van der Waals surface area (Å²) in [5.74, 6) is 1.85. The summed E-state index contributed by atoms with van der Waals surface area (Å²) in [5.41, 5.74) is 15.0. The molecule has 0 spiro atoms. The van der Waals surface area contributed by atoms with Crippen molar-refractivity contribution < 1.29 is 9.90 Å². The molecule has 2 aliphatic heterocycles. The number of amides is 1. The largest absolute Gasteiger partial charge is 0.391 e. The lowest BCUT2D eigenvalue weighted by molar-refractivity contribution is -0.135. The Balaban J connectivity index is 0.000000183. The normalized spacial score (nSPS) is 18.4. The topological polar surface area (TPSA) is 102 Å². The first-order chi connectivity index (χ1) is 25.7. The third-order valence-electron chi connectivity index (χ3n) is 10.9. The molecule has 0 saturated carbocycles. The van der Waals surface area contributed by atoms with Crippen LogP contribution >= 0.6 is 0 Å². The lowest BCUT2D eigenvalue weighted by Gasteiger charge is -2.30. The van der Waals surface area contributed by atoms with Gasteiger partial charge in [-0.25, -0.2) is 0 Å². The molecule has 0 bridgehead atoms. The summed E-state index contributed by atoms with van der Waals surface area (Å²) in [7, 11) is 4.40. The van der Waals surface area contributed by atoms with Crippen LogP contribution in [0.15, 0.2) is 115 Å². The van der Waals surface area contributed by atoms with Gasteiger partial charge >= 0.3 is 0 Å². The predicted molar refractivity (Wildman–Crippen MR) is 215 cm³/mol. The molecule has 1 amide bonds. The zero-order valence-corrected chi connectivity index (χ0v) is 31.7. The molecular formula is C45H56N6O2. The highest BCUT2D eigenvalue weighted by Gasteiger charge is 2.33. The van der Waals surface area contributed by atoms with E-state index in [1.807, 2.05) is 18.2 Å². The van der Waals surface area contributed by atoms with Crippen molar-refractivity contribution in [3.8, 4) is 22.4 Å². The average molecular weight is 713 g/mol. The molecule has 8 heteroatoms. The Kier molecular flexibility index (Phi) is 12.9. The minimum absolute atomic E-state index is 0.229. The van der Waals surface area contributed by atoms with Crippen LogP contribution in [0.3, 0.4) is 0 Å². The van der Waals surface area contributed by atoms with Crippen molar-refractivity contribution in [2.45, 2.75) is 51.3 Å². The van der Waals surface area contributed by atoms with Gasteiger partial charge in [-0.1, -0.05) is 129 Å². The van der Waals surface area contributed by atoms with E-state index in [4.69, 9.17) is 5.73 Å². The van der Waals surface area contributed by atoms with Crippen LogP contribution in [0.25, 0.3) is 22.4 Å². The number of aromatic nitrogens is 2. The molecule has 1 fully saturated rings. The number of carbonyl (C=O) groups is 1. The molecule has 0 aliphatic carbocycles. The second-order valence-electron chi connectivity index (χ2n) is 15.0. The maximum atomic E-state index is 12.5. The number of hydrogen-bond donors (Lipinski definition) is 3. The van der Waals surface area contributed by atoms with Gasteiger partial charge in [0.1, 0.15) is 6.04 Å². The Labute approximate surface area is 315 Å². The third kappa shape index (κ3) is 9.50. The van der Waals surface area contributed by atoms with Gasteiger partial charge < -0.3 is 25.5 Å². The Morgan fingerprint density at radius 1 is 0.849 bits per heavy atom. The van der Waals surface area contributed by atoms with Gasteiger partial charge in [-0.05, 0) is 55.1 Å². The van der Waals surface area contributed by atoms with Crippen molar-refractivity contribution in [1.82, 2.24) is 24.9 Å². The molecular weight excluding hydrogens is 657 g/mol. The zero-order valence-electron chi connectivity index (χ0n) is 31.7. The van der Waals surface area contributed by atoms with E-state index < -0.39 is 12.1 Å². The lowest BCUT2D eigenvalue weighted by atomic mass is 9.91. The molecule has 278 valence electrons. The Morgan fingerprint density at radius 3 is 1.96 bits per heavy atom. The van der Waals surface area contributed by atoms with Gasteiger partial charge in [0.25, 0.3) is 0 Å². The number of aromatic amines is 1. The van der Waals surface area contributed by atoms with Crippen molar-refractivity contribution >= 4 is 5.91 Å². The quantitative estimate of drug-likeness (QED) is 0.141. The maximum absolute atomic E-state index is 12.5. The summed E-state index contributed by atoms with van der Waals surface area (Å²) in [6.45, 7) is 9.70. The van der Waals surface area contributed by atoms with Gasteiger partial charge in [0.15, 0.2) is 0 Å². The Morgan fingerprint density at radius 2 is 1.40 bits per heavy atom. The van der Waals surface area contributed by atoms with Crippen LogP contribution in [-0.4, -0.2) is 94.9 Å². The van der Waals surface area contributed by atoms with Gasteiger partial charge in [0, 0.05) is 68.4 Å². The molecule has 2 aliphatic rings. The third-order valence-corrected chi connectivity index (χ3v) is 10.9. The maximum Gasteiger partial charge on any atom is 0.242 e. The number of nitrogens with one attached hydrogen (secondary N) is 1. The summed E-state index contributed by atoms with van der Waals surface area (Å²) in [4.78, 5) is 19.3. The van der Waals surface area contributed by atoms with Crippen LogP contribution in [0.4, 0.5) is 0 Å². The number of aliphatic hydroxyl groups is 1. The summed E-state index contributed by atoms with van der Waals surface area (Å²) >= 11 is 0. The van der Waals surface area contributed by atoms with E-state index in [2.05, 4.69) is 138 Å². The number of H-pyrrole nitrogens is 1. The SMILES string of the molecule is CC[C@H]1CN(CC(c2ccccc2)c2ccccc2)C[C@H]1CN(C)C.C[C@@H](O)[C@H](N)C(=O)N1CCc2[nH]nc(-c3ccc(-c4ccccc4)cc3)c2C1. The van der Waals surface area contributed by atoms with Gasteiger partial charge in [0.05, 0.1) is 11.8 Å². The highest BCUT2D eigenvalue weighted by atomic mass is 16.3. The zero-order chi connectivity index (χ0) is 37.3. The van der Waals surface area contributed by atoms with E-state index in [-0.39, 0.29) is 5.91 Å². The fourth-order valence-electron chi connectivity index (χ4n) is 7.95. The molecule has 5 aromatic rings. The van der Waals surface area contributed by atoms with Crippen LogP contribution in [-0.2, 0) is 17.8 Å². The van der Waals surface area contributed by atoms with E-state index in [1.165, 1.54) is 49.7 Å². The minimum atomic E-state index is -0.901. The number of nitrogens with two attached hydrogens (primary N) is 1. The van der Waals surface area contributed by atoms with Crippen LogP contribution in [0.1, 0.15) is 48.6 Å². The summed E-state index contributed by atoms with van der Waals surface area (Å²) < 4.78 is 0. The van der Waals surface area contributed by atoms with Crippen molar-refractivity contribution in [3.05, 3.63) is 138 Å². The van der Waals surface area contributed by atoms with E-state index in [9.17, 15) is 9.90 Å². The molecule has 4 atom stereocenters. The smallest absolute Gasteiger partial charge is 0.242 e. The number of nitrogens with zero attached hydrogens (tertiary/aromatic N) is 4. The minimum Gasteiger partial charge on any atom is -0.391 e. The number of fused-ring (bicyclic) bond motifs is 1. The highest BCUT2D eigenvalue weighted by molar-refractivity contribution is 5.83. The van der Waals surface area contributed by atoms with Gasteiger partial charge in [0.2, 0.25) is 5.91 Å². The van der Waals surface area contributed by atoms with Crippen molar-refractivity contribution in [2.75, 3.05) is 46.8 Å². The fourth-order valence-corrected chi connectivity index (χ4v) is 7.95. The molecule has 53 heavy (non-hydrogen) atoms. The molecule has 1 saturated heterocycles. The molecule has 8 nitrogen and oxygen atoms in total. The van der Waals surface area contributed by atoms with Gasteiger partial charge in [-0.15, -0.1) is 0 Å². The second kappa shape index (κ2) is 18.0. The molecule has 3 heterocycles. The van der Waals surface area contributed by atoms with E-state index in [1.54, 1.807) is 4.90 Å². The summed E-state index contributed by atoms with van der Waals surface area (Å²) in [6, 6.07) is 39.6. The Bertz CT molecular complexity index is 1820. The molecule has 1 aromatic heterocycles. The Hall–Kier alpha value is -4.60. The second-order valence-corrected chi connectivity index (χ2v) is 15.0. The van der Waals surface area contributed by atoms with Crippen LogP contribution in [0, 0.1) is 11.8 Å². The monoisotopic (exact) mass is 712 g/mol. The summed E-state index contributed by atoms with van der Waals surface area (Å²) in [6.07, 6.45) is 1.11. The average Bonchev–Trinajstić information content (AvgIpc) is 3.80. The molecule has 0 unspecified atom stereocenters. The lowest BCUT2D eigenvalue weighted by Crippen LogP contribution is -2.50. The molecule has 4 aromatic carbocycles. The fraction of sp³-hybridized carbons (Fsp3) is 0.378. The molecule has 0 radical (unpaired) electrons. The summed E-state index contributed by atoms with van der Waals surface area (Å²) in [5, 5.41) is 17.3. The number of aliphatic hydroxyl groups excluding tert-OH is 1. The van der Waals surface area contributed by atoms with E-state index in [0.29, 0.717) is 25.4 Å². The first kappa shape index (κ1) is 38.1. The van der Waals surface area contributed by atoms with Crippen molar-refractivity contribution in [2.24, 2.45) is 17.6 Å². The van der Waals surface area contributed by atoms with Crippen LogP contribution in [0.5, 0.6) is 0 Å². The highest BCUT2D eigenvalue weighted by Crippen LogP contribution is 2.33. The van der Waals surface area contributed by atoms with E-state index >= 15 is 0 Å². The van der Waals surface area contributed by atoms with Crippen molar-refractivity contribution in [1.29, 1.82) is 0 Å². The van der Waals surface area contributed by atoms with E-state index in [0.717, 1.165) is 46.5 Å². The number of rotatable bonds is 11. The number of benzene rings is 4. The standard InChI is InChI=1S/C23H32N2.C22H24N4O2/c1-4-19-16-25(17-22(19)15-24(2)3)18-23(20-11-7-5-8-12-20)21-13-9-6-10-14-21;1-14(27)20(23)22(28)26-12-11-19-18(13-26)21(25-24-19)17-9-7-16(8-10-17)15-5-3-2-4-6-15/h5-14,19,22-23H,4,15-18H2,1-3H3;2-10,14,20,27H,11-13,23H2,1H3,(H,24,25)/t19-,22+;14-,20+/m01/s1. The first-order valence-electron chi connectivity index (χ1n) is 19.1. The number of hydrogen-bond acceptors (Lipinski definition) is 6. The van der Waals surface area contributed by atoms with Gasteiger partial charge in [-0.2, -0.15) is 5.10 Å².